The highest BCUT2D eigenvalue weighted by Gasteiger charge is 2.20. The molecule has 0 saturated carbocycles. The zero-order valence-corrected chi connectivity index (χ0v) is 10.4. The Balaban J connectivity index is 3.09. The summed E-state index contributed by atoms with van der Waals surface area (Å²) in [7, 11) is 1.18. The number of hydrogen-bond donors (Lipinski definition) is 1. The van der Waals surface area contributed by atoms with Crippen LogP contribution in [0.25, 0.3) is 0 Å². The third kappa shape index (κ3) is 3.64. The van der Waals surface area contributed by atoms with Gasteiger partial charge in [-0.05, 0) is 6.92 Å². The van der Waals surface area contributed by atoms with Crippen LogP contribution in [0, 0.1) is 21.4 Å². The van der Waals surface area contributed by atoms with Gasteiger partial charge in [0.05, 0.1) is 30.1 Å². The minimum atomic E-state index is -0.702. The van der Waals surface area contributed by atoms with E-state index in [0.717, 1.165) is 6.07 Å². The van der Waals surface area contributed by atoms with Gasteiger partial charge in [0.2, 0.25) is 5.82 Å². The fourth-order valence-electron chi connectivity index (χ4n) is 1.35. The maximum absolute atomic E-state index is 11.3. The Morgan fingerprint density at radius 2 is 2.42 bits per heavy atom. The number of carbonyl (C=O) groups is 1. The SMILES string of the molecule is COC(=O)c1cnc(NC(C)CC#N)c([N+](=O)[O-])c1. The summed E-state index contributed by atoms with van der Waals surface area (Å²) in [4.78, 5) is 25.4. The Hall–Kier alpha value is -2.69. The lowest BCUT2D eigenvalue weighted by molar-refractivity contribution is -0.384. The molecule has 0 fully saturated rings. The van der Waals surface area contributed by atoms with Gasteiger partial charge in [-0.15, -0.1) is 0 Å². The van der Waals surface area contributed by atoms with Crippen LogP contribution in [0.2, 0.25) is 0 Å². The van der Waals surface area contributed by atoms with Gasteiger partial charge in [0.25, 0.3) is 0 Å². The van der Waals surface area contributed by atoms with Crippen LogP contribution in [0.4, 0.5) is 11.5 Å². The molecule has 1 aromatic heterocycles. The number of nitriles is 1. The van der Waals surface area contributed by atoms with Crippen molar-refractivity contribution in [3.8, 4) is 6.07 Å². The fraction of sp³-hybridized carbons (Fsp3) is 0.364. The molecule has 1 rings (SSSR count). The van der Waals surface area contributed by atoms with Crippen LogP contribution in [0.3, 0.4) is 0 Å². The third-order valence-corrected chi connectivity index (χ3v) is 2.27. The molecule has 1 heterocycles. The van der Waals surface area contributed by atoms with E-state index >= 15 is 0 Å². The molecule has 1 N–H and O–H groups in total. The number of nitrogens with zero attached hydrogens (tertiary/aromatic N) is 3. The summed E-state index contributed by atoms with van der Waals surface area (Å²) in [6.07, 6.45) is 1.36. The number of esters is 1. The molecule has 0 bridgehead atoms. The van der Waals surface area contributed by atoms with Crippen molar-refractivity contribution in [2.75, 3.05) is 12.4 Å². The summed E-state index contributed by atoms with van der Waals surface area (Å²) >= 11 is 0. The van der Waals surface area contributed by atoms with Gasteiger partial charge in [-0.2, -0.15) is 5.26 Å². The zero-order valence-electron chi connectivity index (χ0n) is 10.4. The lowest BCUT2D eigenvalue weighted by atomic mass is 10.2. The summed E-state index contributed by atoms with van der Waals surface area (Å²) in [5, 5.41) is 22.2. The van der Waals surface area contributed by atoms with Gasteiger partial charge in [-0.1, -0.05) is 0 Å². The molecule has 1 atom stereocenters. The van der Waals surface area contributed by atoms with Gasteiger partial charge >= 0.3 is 11.7 Å². The van der Waals surface area contributed by atoms with Gasteiger partial charge in [-0.3, -0.25) is 10.1 Å². The van der Waals surface area contributed by atoms with Crippen molar-refractivity contribution in [1.82, 2.24) is 4.98 Å². The topological polar surface area (TPSA) is 118 Å². The zero-order chi connectivity index (χ0) is 14.4. The first-order chi connectivity index (χ1) is 8.99. The van der Waals surface area contributed by atoms with Crippen LogP contribution >= 0.6 is 0 Å². The minimum absolute atomic E-state index is 0.00677. The van der Waals surface area contributed by atoms with Crippen LogP contribution in [0.15, 0.2) is 12.3 Å². The molecule has 1 aromatic rings. The van der Waals surface area contributed by atoms with Crippen molar-refractivity contribution in [3.05, 3.63) is 27.9 Å². The normalized spacial score (nSPS) is 11.2. The van der Waals surface area contributed by atoms with E-state index < -0.39 is 10.9 Å². The Labute approximate surface area is 109 Å². The molecule has 0 aliphatic rings. The number of carbonyl (C=O) groups excluding carboxylic acids is 1. The number of ether oxygens (including phenoxy) is 1. The summed E-state index contributed by atoms with van der Waals surface area (Å²) in [6, 6.07) is 2.73. The molecular formula is C11H12N4O4. The summed E-state index contributed by atoms with van der Waals surface area (Å²) in [6.45, 7) is 1.70. The molecule has 0 aliphatic heterocycles. The van der Waals surface area contributed by atoms with Crippen molar-refractivity contribution in [3.63, 3.8) is 0 Å². The number of methoxy groups -OCH3 is 1. The lowest BCUT2D eigenvalue weighted by Crippen LogP contribution is -2.17. The minimum Gasteiger partial charge on any atom is -0.465 e. The molecule has 0 radical (unpaired) electrons. The highest BCUT2D eigenvalue weighted by Crippen LogP contribution is 2.24. The van der Waals surface area contributed by atoms with Crippen molar-refractivity contribution >= 4 is 17.5 Å². The maximum Gasteiger partial charge on any atom is 0.339 e. The molecule has 19 heavy (non-hydrogen) atoms. The molecule has 0 aliphatic carbocycles. The molecule has 0 aromatic carbocycles. The number of nitro groups is 1. The first-order valence-corrected chi connectivity index (χ1v) is 5.35. The second-order valence-corrected chi connectivity index (χ2v) is 3.75. The van der Waals surface area contributed by atoms with Crippen LogP contribution in [-0.4, -0.2) is 29.0 Å². The summed E-state index contributed by atoms with van der Waals surface area (Å²) in [5.41, 5.74) is -0.347. The first kappa shape index (κ1) is 14.4. The predicted octanol–water partition coefficient (Wildman–Crippen LogP) is 1.49. The van der Waals surface area contributed by atoms with E-state index in [1.54, 1.807) is 6.92 Å². The maximum atomic E-state index is 11.3. The van der Waals surface area contributed by atoms with E-state index in [9.17, 15) is 14.9 Å². The number of pyridine rings is 1. The average Bonchev–Trinajstić information content (AvgIpc) is 2.38. The Morgan fingerprint density at radius 1 is 1.74 bits per heavy atom. The lowest BCUT2D eigenvalue weighted by Gasteiger charge is -2.11. The molecule has 8 heteroatoms. The molecule has 0 spiro atoms. The van der Waals surface area contributed by atoms with Gasteiger partial charge in [-0.25, -0.2) is 9.78 Å². The van der Waals surface area contributed by atoms with Crippen LogP contribution in [0.5, 0.6) is 0 Å². The first-order valence-electron chi connectivity index (χ1n) is 5.35. The van der Waals surface area contributed by atoms with Crippen molar-refractivity contribution in [2.45, 2.75) is 19.4 Å². The monoisotopic (exact) mass is 264 g/mol. The highest BCUT2D eigenvalue weighted by atomic mass is 16.6. The number of nitrogens with one attached hydrogen (secondary N) is 1. The van der Waals surface area contributed by atoms with Gasteiger partial charge < -0.3 is 10.1 Å². The summed E-state index contributed by atoms with van der Waals surface area (Å²) in [5.74, 6) is -0.687. The van der Waals surface area contributed by atoms with Gasteiger partial charge in [0.15, 0.2) is 0 Å². The van der Waals surface area contributed by atoms with E-state index in [2.05, 4.69) is 15.0 Å². The molecule has 100 valence electrons. The number of rotatable bonds is 5. The standard InChI is InChI=1S/C11H12N4O4/c1-7(3-4-12)14-10-9(15(17)18)5-8(6-13-10)11(16)19-2/h5-7H,3H2,1-2H3,(H,13,14). The van der Waals surface area contributed by atoms with Crippen molar-refractivity contribution in [1.29, 1.82) is 5.26 Å². The predicted molar refractivity (Wildman–Crippen MR) is 65.5 cm³/mol. The number of hydrogen-bond acceptors (Lipinski definition) is 7. The van der Waals surface area contributed by atoms with Crippen molar-refractivity contribution in [2.24, 2.45) is 0 Å². The van der Waals surface area contributed by atoms with Gasteiger partial charge in [0, 0.05) is 18.3 Å². The quantitative estimate of drug-likeness (QED) is 0.486. The van der Waals surface area contributed by atoms with Crippen LogP contribution in [0.1, 0.15) is 23.7 Å². The average molecular weight is 264 g/mol. The van der Waals surface area contributed by atoms with E-state index in [0.29, 0.717) is 0 Å². The van der Waals surface area contributed by atoms with E-state index in [-0.39, 0.29) is 29.5 Å². The van der Waals surface area contributed by atoms with E-state index in [1.165, 1.54) is 13.3 Å². The molecule has 8 nitrogen and oxygen atoms in total. The Kier molecular flexibility index (Phi) is 4.76. The fourth-order valence-corrected chi connectivity index (χ4v) is 1.35. The molecular weight excluding hydrogens is 252 g/mol. The van der Waals surface area contributed by atoms with Crippen molar-refractivity contribution < 1.29 is 14.5 Å². The number of anilines is 1. The van der Waals surface area contributed by atoms with Crippen LogP contribution < -0.4 is 5.32 Å². The Bertz CT molecular complexity index is 538. The molecule has 0 saturated heterocycles. The highest BCUT2D eigenvalue weighted by molar-refractivity contribution is 5.90. The smallest absolute Gasteiger partial charge is 0.339 e. The largest absolute Gasteiger partial charge is 0.465 e. The van der Waals surface area contributed by atoms with Gasteiger partial charge in [0.1, 0.15) is 0 Å². The Morgan fingerprint density at radius 3 is 2.95 bits per heavy atom. The summed E-state index contributed by atoms with van der Waals surface area (Å²) < 4.78 is 4.47. The van der Waals surface area contributed by atoms with Crippen LogP contribution in [-0.2, 0) is 4.74 Å². The molecule has 0 amide bonds. The van der Waals surface area contributed by atoms with E-state index in [1.807, 2.05) is 6.07 Å². The van der Waals surface area contributed by atoms with E-state index in [4.69, 9.17) is 5.26 Å². The third-order valence-electron chi connectivity index (χ3n) is 2.27. The molecule has 1 unspecified atom stereocenters. The second kappa shape index (κ2) is 6.30. The second-order valence-electron chi connectivity index (χ2n) is 3.75. The number of aromatic nitrogens is 1.